The summed E-state index contributed by atoms with van der Waals surface area (Å²) in [5.41, 5.74) is 1.91. The summed E-state index contributed by atoms with van der Waals surface area (Å²) in [7, 11) is 1.41. The minimum absolute atomic E-state index is 0.0915. The average Bonchev–Trinajstić information content (AvgIpc) is 3.13. The largest absolute Gasteiger partial charge is 0.494 e. The number of hydrogen-bond donors (Lipinski definition) is 2. The summed E-state index contributed by atoms with van der Waals surface area (Å²) in [6, 6.07) is 9.15. The van der Waals surface area contributed by atoms with E-state index in [0.717, 1.165) is 5.69 Å². The van der Waals surface area contributed by atoms with Gasteiger partial charge in [0.1, 0.15) is 0 Å². The van der Waals surface area contributed by atoms with Gasteiger partial charge in [0.05, 0.1) is 12.6 Å². The Balaban J connectivity index is 1.41. The molecule has 2 amide bonds. The molecule has 0 aliphatic carbocycles. The second-order valence-corrected chi connectivity index (χ2v) is 7.29. The standard InChI is InChI=1S/C21H21FN4O5/c1-12-11-25(7-8-26(12)14-4-5-15(22)17(10-14)30-2)20(28)19(27)23-13-3-6-16-18(9-13)31-21(29)24-16/h3-6,9-10,12H,7-8,11H2,1-2H3,(H,23,27)(H,24,29)/t12-/m1/s1. The van der Waals surface area contributed by atoms with E-state index in [1.54, 1.807) is 24.3 Å². The van der Waals surface area contributed by atoms with Crippen LogP contribution in [0.2, 0.25) is 0 Å². The predicted molar refractivity (Wildman–Crippen MR) is 112 cm³/mol. The maximum absolute atomic E-state index is 13.7. The number of rotatable bonds is 3. The van der Waals surface area contributed by atoms with Crippen LogP contribution >= 0.6 is 0 Å². The number of nitrogens with one attached hydrogen (secondary N) is 2. The number of oxazole rings is 1. The molecule has 2 N–H and O–H groups in total. The van der Waals surface area contributed by atoms with Crippen molar-refractivity contribution in [3.8, 4) is 5.75 Å². The van der Waals surface area contributed by atoms with E-state index in [-0.39, 0.29) is 17.4 Å². The molecule has 1 aliphatic heterocycles. The number of ether oxygens (including phenoxy) is 1. The van der Waals surface area contributed by atoms with Crippen molar-refractivity contribution in [3.05, 3.63) is 52.8 Å². The zero-order valence-electron chi connectivity index (χ0n) is 17.0. The minimum atomic E-state index is -0.777. The molecule has 0 saturated carbocycles. The fourth-order valence-corrected chi connectivity index (χ4v) is 3.70. The van der Waals surface area contributed by atoms with Gasteiger partial charge in [-0.3, -0.25) is 14.6 Å². The molecule has 3 aromatic rings. The molecule has 1 fully saturated rings. The molecule has 1 aliphatic rings. The first-order valence-corrected chi connectivity index (χ1v) is 9.69. The summed E-state index contributed by atoms with van der Waals surface area (Å²) >= 11 is 0. The molecule has 10 heteroatoms. The summed E-state index contributed by atoms with van der Waals surface area (Å²) in [6.45, 7) is 3.07. The number of aromatic nitrogens is 1. The highest BCUT2D eigenvalue weighted by atomic mass is 19.1. The molecule has 31 heavy (non-hydrogen) atoms. The van der Waals surface area contributed by atoms with Crippen molar-refractivity contribution in [3.63, 3.8) is 0 Å². The van der Waals surface area contributed by atoms with E-state index in [1.807, 2.05) is 11.8 Å². The van der Waals surface area contributed by atoms with Crippen LogP contribution in [0.15, 0.2) is 45.6 Å². The Morgan fingerprint density at radius 2 is 2.03 bits per heavy atom. The van der Waals surface area contributed by atoms with Crippen LogP contribution in [0.25, 0.3) is 11.1 Å². The average molecular weight is 428 g/mol. The van der Waals surface area contributed by atoms with Crippen LogP contribution in [-0.4, -0.2) is 54.5 Å². The monoisotopic (exact) mass is 428 g/mol. The first-order valence-electron chi connectivity index (χ1n) is 9.69. The van der Waals surface area contributed by atoms with Gasteiger partial charge in [-0.2, -0.15) is 0 Å². The zero-order valence-corrected chi connectivity index (χ0v) is 17.0. The number of carbonyl (C=O) groups is 2. The highest BCUT2D eigenvalue weighted by molar-refractivity contribution is 6.39. The fraction of sp³-hybridized carbons (Fsp3) is 0.286. The maximum Gasteiger partial charge on any atom is 0.417 e. The molecule has 1 saturated heterocycles. The Morgan fingerprint density at radius 1 is 1.23 bits per heavy atom. The summed E-state index contributed by atoms with van der Waals surface area (Å²) in [5, 5.41) is 2.54. The van der Waals surface area contributed by atoms with Crippen LogP contribution < -0.4 is 20.7 Å². The Hall–Kier alpha value is -3.82. The first-order chi connectivity index (χ1) is 14.9. The van der Waals surface area contributed by atoms with Gasteiger partial charge in [-0.25, -0.2) is 9.18 Å². The molecule has 2 heterocycles. The van der Waals surface area contributed by atoms with Gasteiger partial charge >= 0.3 is 17.6 Å². The van der Waals surface area contributed by atoms with E-state index < -0.39 is 23.4 Å². The van der Waals surface area contributed by atoms with E-state index in [4.69, 9.17) is 9.15 Å². The molecule has 1 atom stereocenters. The highest BCUT2D eigenvalue weighted by Gasteiger charge is 2.30. The number of halogens is 1. The molecule has 0 unspecified atom stereocenters. The Kier molecular flexibility index (Phi) is 5.37. The maximum atomic E-state index is 13.7. The fourth-order valence-electron chi connectivity index (χ4n) is 3.70. The molecule has 162 valence electrons. The lowest BCUT2D eigenvalue weighted by atomic mass is 10.1. The number of anilines is 2. The van der Waals surface area contributed by atoms with E-state index in [9.17, 15) is 18.8 Å². The highest BCUT2D eigenvalue weighted by Crippen LogP contribution is 2.27. The van der Waals surface area contributed by atoms with E-state index in [0.29, 0.717) is 30.8 Å². The van der Waals surface area contributed by atoms with E-state index in [2.05, 4.69) is 10.3 Å². The van der Waals surface area contributed by atoms with Gasteiger partial charge in [0.15, 0.2) is 17.1 Å². The number of benzene rings is 2. The third kappa shape index (κ3) is 4.09. The molecule has 1 aromatic heterocycles. The van der Waals surface area contributed by atoms with Crippen molar-refractivity contribution < 1.29 is 23.1 Å². The number of aromatic amines is 1. The van der Waals surface area contributed by atoms with E-state index >= 15 is 0 Å². The van der Waals surface area contributed by atoms with Crippen molar-refractivity contribution in [2.24, 2.45) is 0 Å². The third-order valence-corrected chi connectivity index (χ3v) is 5.25. The number of carbonyl (C=O) groups excluding carboxylic acids is 2. The van der Waals surface area contributed by atoms with Crippen molar-refractivity contribution in [2.75, 3.05) is 37.0 Å². The SMILES string of the molecule is COc1cc(N2CCN(C(=O)C(=O)Nc3ccc4[nH]c(=O)oc4c3)C[C@H]2C)ccc1F. The number of H-pyrrole nitrogens is 1. The minimum Gasteiger partial charge on any atom is -0.494 e. The van der Waals surface area contributed by atoms with Gasteiger partial charge in [-0.05, 0) is 31.2 Å². The van der Waals surface area contributed by atoms with Crippen molar-refractivity contribution in [1.82, 2.24) is 9.88 Å². The Morgan fingerprint density at radius 3 is 2.77 bits per heavy atom. The van der Waals surface area contributed by atoms with Gasteiger partial charge in [0.25, 0.3) is 0 Å². The number of fused-ring (bicyclic) bond motifs is 1. The number of piperazine rings is 1. The summed E-state index contributed by atoms with van der Waals surface area (Å²) in [6.07, 6.45) is 0. The third-order valence-electron chi connectivity index (χ3n) is 5.25. The molecular weight excluding hydrogens is 407 g/mol. The van der Waals surface area contributed by atoms with Gasteiger partial charge in [0, 0.05) is 49.2 Å². The van der Waals surface area contributed by atoms with Gasteiger partial charge in [-0.1, -0.05) is 0 Å². The Bertz CT molecular complexity index is 1200. The smallest absolute Gasteiger partial charge is 0.417 e. The van der Waals surface area contributed by atoms with Crippen molar-refractivity contribution in [1.29, 1.82) is 0 Å². The normalized spacial score (nSPS) is 16.4. The van der Waals surface area contributed by atoms with Crippen molar-refractivity contribution >= 4 is 34.3 Å². The van der Waals surface area contributed by atoms with Crippen molar-refractivity contribution in [2.45, 2.75) is 13.0 Å². The number of amides is 2. The first kappa shape index (κ1) is 20.5. The van der Waals surface area contributed by atoms with Gasteiger partial charge in [0.2, 0.25) is 0 Å². The Labute approximate surface area is 176 Å². The zero-order chi connectivity index (χ0) is 22.1. The molecule has 0 spiro atoms. The predicted octanol–water partition coefficient (Wildman–Crippen LogP) is 1.94. The molecule has 4 rings (SSSR count). The molecule has 0 bridgehead atoms. The molecule has 9 nitrogen and oxygen atoms in total. The van der Waals surface area contributed by atoms with Crippen LogP contribution in [-0.2, 0) is 9.59 Å². The summed E-state index contributed by atoms with van der Waals surface area (Å²) in [5.74, 6) is -2.32. The topological polar surface area (TPSA) is 108 Å². The summed E-state index contributed by atoms with van der Waals surface area (Å²) in [4.78, 5) is 42.4. The van der Waals surface area contributed by atoms with Gasteiger partial charge in [-0.15, -0.1) is 0 Å². The lowest BCUT2D eigenvalue weighted by Gasteiger charge is -2.41. The number of nitrogens with zero attached hydrogens (tertiary/aromatic N) is 2. The van der Waals surface area contributed by atoms with Gasteiger partial charge < -0.3 is 24.3 Å². The molecule has 2 aromatic carbocycles. The second-order valence-electron chi connectivity index (χ2n) is 7.29. The quantitative estimate of drug-likeness (QED) is 0.618. The lowest BCUT2D eigenvalue weighted by molar-refractivity contribution is -0.143. The van der Waals surface area contributed by atoms with Crippen LogP contribution in [0, 0.1) is 5.82 Å². The second kappa shape index (κ2) is 8.13. The van der Waals surface area contributed by atoms with Crippen LogP contribution in [0.3, 0.4) is 0 Å². The van der Waals surface area contributed by atoms with Crippen LogP contribution in [0.4, 0.5) is 15.8 Å². The number of hydrogen-bond acceptors (Lipinski definition) is 6. The number of methoxy groups -OCH3 is 1. The molecule has 0 radical (unpaired) electrons. The lowest BCUT2D eigenvalue weighted by Crippen LogP contribution is -2.55. The molecular formula is C21H21FN4O5. The van der Waals surface area contributed by atoms with E-state index in [1.165, 1.54) is 24.1 Å². The van der Waals surface area contributed by atoms with Crippen LogP contribution in [0.1, 0.15) is 6.92 Å². The van der Waals surface area contributed by atoms with Crippen LogP contribution in [0.5, 0.6) is 5.75 Å². The summed E-state index contributed by atoms with van der Waals surface area (Å²) < 4.78 is 23.7.